The van der Waals surface area contributed by atoms with E-state index in [1.807, 2.05) is 17.7 Å². The summed E-state index contributed by atoms with van der Waals surface area (Å²) in [6.07, 6.45) is 0. The first-order chi connectivity index (χ1) is 8.97. The van der Waals surface area contributed by atoms with Gasteiger partial charge >= 0.3 is 5.97 Å². The van der Waals surface area contributed by atoms with Gasteiger partial charge in [-0.2, -0.15) is 5.10 Å². The number of thioether (sulfide) groups is 1. The van der Waals surface area contributed by atoms with E-state index in [2.05, 4.69) is 29.1 Å². The van der Waals surface area contributed by atoms with Crippen molar-refractivity contribution in [3.05, 3.63) is 11.8 Å². The number of nitrogens with zero attached hydrogens (tertiary/aromatic N) is 4. The first-order valence-corrected chi connectivity index (χ1v) is 7.52. The van der Waals surface area contributed by atoms with Crippen molar-refractivity contribution in [2.45, 2.75) is 31.2 Å². The predicted molar refractivity (Wildman–Crippen MR) is 74.6 cm³/mol. The molecule has 0 atom stereocenters. The van der Waals surface area contributed by atoms with Gasteiger partial charge < -0.3 is 5.11 Å². The van der Waals surface area contributed by atoms with E-state index in [1.54, 1.807) is 0 Å². The van der Waals surface area contributed by atoms with Crippen molar-refractivity contribution in [1.82, 2.24) is 20.0 Å². The first-order valence-electron chi connectivity index (χ1n) is 5.72. The molecule has 2 aromatic heterocycles. The van der Waals surface area contributed by atoms with Gasteiger partial charge in [-0.05, 0) is 26.8 Å². The van der Waals surface area contributed by atoms with Crippen LogP contribution in [0.1, 0.15) is 25.6 Å². The number of carbonyl (C=O) groups is 1. The zero-order chi connectivity index (χ0) is 14.0. The molecule has 2 heterocycles. The molecule has 0 aliphatic rings. The molecule has 6 nitrogen and oxygen atoms in total. The average molecular weight is 298 g/mol. The Morgan fingerprint density at radius 3 is 2.89 bits per heavy atom. The highest BCUT2D eigenvalue weighted by Gasteiger charge is 2.15. The Kier molecular flexibility index (Phi) is 4.20. The molecule has 0 aliphatic heterocycles. The van der Waals surface area contributed by atoms with Gasteiger partial charge in [0.15, 0.2) is 9.35 Å². The summed E-state index contributed by atoms with van der Waals surface area (Å²) in [7, 11) is 0. The highest BCUT2D eigenvalue weighted by Crippen LogP contribution is 2.30. The van der Waals surface area contributed by atoms with Crippen molar-refractivity contribution < 1.29 is 9.90 Å². The molecule has 0 fully saturated rings. The fourth-order valence-electron chi connectivity index (χ4n) is 1.57. The normalized spacial score (nSPS) is 11.2. The van der Waals surface area contributed by atoms with E-state index in [9.17, 15) is 4.79 Å². The van der Waals surface area contributed by atoms with E-state index in [4.69, 9.17) is 5.11 Å². The Balaban J connectivity index is 2.25. The molecular weight excluding hydrogens is 284 g/mol. The van der Waals surface area contributed by atoms with E-state index in [0.29, 0.717) is 4.34 Å². The summed E-state index contributed by atoms with van der Waals surface area (Å²) in [5.41, 5.74) is 1.85. The summed E-state index contributed by atoms with van der Waals surface area (Å²) >= 11 is 2.57. The molecule has 19 heavy (non-hydrogen) atoms. The lowest BCUT2D eigenvalue weighted by Crippen LogP contribution is -2.04. The van der Waals surface area contributed by atoms with Crippen LogP contribution in [0.15, 0.2) is 10.4 Å². The highest BCUT2D eigenvalue weighted by molar-refractivity contribution is 8.01. The van der Waals surface area contributed by atoms with Gasteiger partial charge in [-0.1, -0.05) is 23.1 Å². The Morgan fingerprint density at radius 2 is 2.26 bits per heavy atom. The molecule has 0 spiro atoms. The topological polar surface area (TPSA) is 80.9 Å². The van der Waals surface area contributed by atoms with Crippen LogP contribution < -0.4 is 0 Å². The minimum absolute atomic E-state index is 0.00287. The third-order valence-electron chi connectivity index (χ3n) is 2.29. The van der Waals surface area contributed by atoms with Crippen LogP contribution in [0.3, 0.4) is 0 Å². The molecule has 0 aromatic carbocycles. The maximum atomic E-state index is 10.5. The number of hydrogen-bond donors (Lipinski definition) is 1. The van der Waals surface area contributed by atoms with Crippen molar-refractivity contribution >= 4 is 29.1 Å². The monoisotopic (exact) mass is 298 g/mol. The zero-order valence-electron chi connectivity index (χ0n) is 10.8. The Bertz CT molecular complexity index is 591. The molecule has 1 N–H and O–H groups in total. The largest absolute Gasteiger partial charge is 0.481 e. The van der Waals surface area contributed by atoms with Crippen LogP contribution in [0, 0.1) is 6.92 Å². The minimum Gasteiger partial charge on any atom is -0.481 e. The number of hydrogen-bond acceptors (Lipinski definition) is 6. The van der Waals surface area contributed by atoms with Crippen LogP contribution in [-0.2, 0) is 4.79 Å². The number of carboxylic acids is 1. The molecular formula is C11H14N4O2S2. The molecule has 102 valence electrons. The number of aryl methyl sites for hydroxylation is 1. The summed E-state index contributed by atoms with van der Waals surface area (Å²) in [5, 5.41) is 21.9. The molecule has 0 saturated carbocycles. The number of carboxylic acid groups (broad SMARTS) is 1. The smallest absolute Gasteiger partial charge is 0.313 e. The lowest BCUT2D eigenvalue weighted by Gasteiger charge is -2.08. The number of rotatable bonds is 5. The van der Waals surface area contributed by atoms with E-state index < -0.39 is 5.97 Å². The molecule has 0 aliphatic carbocycles. The number of aromatic nitrogens is 4. The van der Waals surface area contributed by atoms with Crippen LogP contribution in [0.25, 0.3) is 10.7 Å². The maximum absolute atomic E-state index is 10.5. The van der Waals surface area contributed by atoms with Crippen LogP contribution >= 0.6 is 23.1 Å². The third kappa shape index (κ3) is 3.32. The standard InChI is InChI=1S/C11H14N4O2S2/c1-6(2)15-8(4-7(3)14-15)10-12-13-11(19-10)18-5-9(16)17/h4,6H,5H2,1-3H3,(H,16,17). The highest BCUT2D eigenvalue weighted by atomic mass is 32.2. The Hall–Kier alpha value is -1.41. The Labute approximate surface area is 118 Å². The van der Waals surface area contributed by atoms with Gasteiger partial charge in [-0.3, -0.25) is 9.48 Å². The predicted octanol–water partition coefficient (Wildman–Crippen LogP) is 2.47. The van der Waals surface area contributed by atoms with Gasteiger partial charge in [-0.25, -0.2) is 0 Å². The second-order valence-corrected chi connectivity index (χ2v) is 6.46. The summed E-state index contributed by atoms with van der Waals surface area (Å²) in [5.74, 6) is -0.860. The van der Waals surface area contributed by atoms with Gasteiger partial charge in [0.1, 0.15) is 0 Å². The second kappa shape index (κ2) is 5.70. The average Bonchev–Trinajstić information content (AvgIpc) is 2.92. The van der Waals surface area contributed by atoms with E-state index in [1.165, 1.54) is 23.1 Å². The van der Waals surface area contributed by atoms with Crippen molar-refractivity contribution in [2.75, 3.05) is 5.75 Å². The van der Waals surface area contributed by atoms with Crippen LogP contribution in [-0.4, -0.2) is 36.8 Å². The van der Waals surface area contributed by atoms with Gasteiger partial charge in [0.25, 0.3) is 0 Å². The third-order valence-corrected chi connectivity index (χ3v) is 4.36. The maximum Gasteiger partial charge on any atom is 0.313 e. The SMILES string of the molecule is Cc1cc(-c2nnc(SCC(=O)O)s2)n(C(C)C)n1. The van der Waals surface area contributed by atoms with Crippen LogP contribution in [0.5, 0.6) is 0 Å². The summed E-state index contributed by atoms with van der Waals surface area (Å²) in [4.78, 5) is 10.5. The van der Waals surface area contributed by atoms with Gasteiger partial charge in [-0.15, -0.1) is 10.2 Å². The summed E-state index contributed by atoms with van der Waals surface area (Å²) in [6, 6.07) is 2.20. The molecule has 2 aromatic rings. The summed E-state index contributed by atoms with van der Waals surface area (Å²) in [6.45, 7) is 6.04. The molecule has 0 unspecified atom stereocenters. The van der Waals surface area contributed by atoms with E-state index >= 15 is 0 Å². The zero-order valence-corrected chi connectivity index (χ0v) is 12.5. The van der Waals surface area contributed by atoms with Crippen molar-refractivity contribution in [2.24, 2.45) is 0 Å². The van der Waals surface area contributed by atoms with Gasteiger partial charge in [0.2, 0.25) is 0 Å². The number of aliphatic carboxylic acids is 1. The molecule has 0 radical (unpaired) electrons. The lowest BCUT2D eigenvalue weighted by molar-refractivity contribution is -0.133. The molecule has 0 amide bonds. The van der Waals surface area contributed by atoms with Gasteiger partial charge in [0, 0.05) is 6.04 Å². The lowest BCUT2D eigenvalue weighted by atomic mass is 10.3. The quantitative estimate of drug-likeness (QED) is 0.854. The minimum atomic E-state index is -0.857. The van der Waals surface area contributed by atoms with Crippen molar-refractivity contribution in [1.29, 1.82) is 0 Å². The van der Waals surface area contributed by atoms with Crippen LogP contribution in [0.2, 0.25) is 0 Å². The summed E-state index contributed by atoms with van der Waals surface area (Å²) < 4.78 is 2.56. The second-order valence-electron chi connectivity index (χ2n) is 4.26. The van der Waals surface area contributed by atoms with E-state index in [0.717, 1.165) is 16.4 Å². The fraction of sp³-hybridized carbons (Fsp3) is 0.455. The fourth-order valence-corrected chi connectivity index (χ4v) is 3.15. The Morgan fingerprint density at radius 1 is 1.53 bits per heavy atom. The first kappa shape index (κ1) is 14.0. The van der Waals surface area contributed by atoms with E-state index in [-0.39, 0.29) is 11.8 Å². The molecule has 8 heteroatoms. The van der Waals surface area contributed by atoms with Crippen LogP contribution in [0.4, 0.5) is 0 Å². The van der Waals surface area contributed by atoms with Gasteiger partial charge in [0.05, 0.1) is 17.1 Å². The van der Waals surface area contributed by atoms with Crippen molar-refractivity contribution in [3.8, 4) is 10.7 Å². The molecule has 2 rings (SSSR count). The molecule has 0 bridgehead atoms. The van der Waals surface area contributed by atoms with Crippen molar-refractivity contribution in [3.63, 3.8) is 0 Å². The molecule has 0 saturated heterocycles.